The average Bonchev–Trinajstić information content (AvgIpc) is 2.98. The van der Waals surface area contributed by atoms with Gasteiger partial charge in [0, 0.05) is 0 Å². The highest BCUT2D eigenvalue weighted by atomic mass is 15.6. The first-order valence-electron chi connectivity index (χ1n) is 6.11. The number of hydrogen-bond donors (Lipinski definition) is 1. The van der Waals surface area contributed by atoms with Crippen LogP contribution in [0.15, 0.2) is 65.8 Å². The molecule has 3 aromatic rings. The Labute approximate surface area is 115 Å². The van der Waals surface area contributed by atoms with E-state index in [1.54, 1.807) is 10.9 Å². The predicted molar refractivity (Wildman–Crippen MR) is 76.8 cm³/mol. The molecule has 0 aliphatic heterocycles. The lowest BCUT2D eigenvalue weighted by atomic mass is 10.2. The molecule has 1 heterocycles. The zero-order chi connectivity index (χ0) is 13.6. The molecule has 6 heteroatoms. The van der Waals surface area contributed by atoms with E-state index in [-0.39, 0.29) is 0 Å². The molecule has 0 radical (unpaired) electrons. The molecule has 98 valence electrons. The van der Waals surface area contributed by atoms with E-state index in [0.717, 1.165) is 11.3 Å². The highest BCUT2D eigenvalue weighted by Crippen LogP contribution is 2.10. The van der Waals surface area contributed by atoms with Gasteiger partial charge in [-0.3, -0.25) is 0 Å². The maximum Gasteiger partial charge on any atom is 0.268 e. The van der Waals surface area contributed by atoms with E-state index in [9.17, 15) is 0 Å². The van der Waals surface area contributed by atoms with Crippen LogP contribution in [0.25, 0.3) is 5.69 Å². The minimum absolute atomic E-state index is 0.461. The van der Waals surface area contributed by atoms with Gasteiger partial charge in [0.1, 0.15) is 0 Å². The van der Waals surface area contributed by atoms with E-state index in [1.807, 2.05) is 60.7 Å². The summed E-state index contributed by atoms with van der Waals surface area (Å²) in [7, 11) is 0. The molecule has 0 saturated heterocycles. The summed E-state index contributed by atoms with van der Waals surface area (Å²) < 4.78 is 1.59. The van der Waals surface area contributed by atoms with Crippen molar-refractivity contribution < 1.29 is 0 Å². The molecule has 20 heavy (non-hydrogen) atoms. The van der Waals surface area contributed by atoms with Crippen molar-refractivity contribution in [3.05, 3.63) is 66.2 Å². The van der Waals surface area contributed by atoms with Gasteiger partial charge in [-0.2, -0.15) is 9.78 Å². The highest BCUT2D eigenvalue weighted by Gasteiger charge is 2.05. The third-order valence-electron chi connectivity index (χ3n) is 2.65. The first-order valence-corrected chi connectivity index (χ1v) is 6.11. The number of rotatable bonds is 4. The molecule has 6 nitrogen and oxygen atoms in total. The van der Waals surface area contributed by atoms with Crippen LogP contribution in [0.4, 0.5) is 5.95 Å². The lowest BCUT2D eigenvalue weighted by Gasteiger charge is -2.02. The molecule has 0 aliphatic carbocycles. The van der Waals surface area contributed by atoms with Crippen LogP contribution < -0.4 is 5.43 Å². The minimum Gasteiger partial charge on any atom is -0.244 e. The van der Waals surface area contributed by atoms with Crippen LogP contribution >= 0.6 is 0 Å². The smallest absolute Gasteiger partial charge is 0.244 e. The number of nitrogens with zero attached hydrogens (tertiary/aromatic N) is 5. The van der Waals surface area contributed by atoms with Gasteiger partial charge in [0.25, 0.3) is 5.95 Å². The third kappa shape index (κ3) is 2.69. The zero-order valence-electron chi connectivity index (χ0n) is 10.6. The van der Waals surface area contributed by atoms with E-state index in [1.165, 1.54) is 0 Å². The normalized spacial score (nSPS) is 10.8. The first-order chi connectivity index (χ1) is 9.93. The maximum atomic E-state index is 4.13. The number of hydrazone groups is 1. The third-order valence-corrected chi connectivity index (χ3v) is 2.65. The fourth-order valence-corrected chi connectivity index (χ4v) is 1.70. The zero-order valence-corrected chi connectivity index (χ0v) is 10.6. The monoisotopic (exact) mass is 264 g/mol. The van der Waals surface area contributed by atoms with Crippen LogP contribution in [-0.2, 0) is 0 Å². The van der Waals surface area contributed by atoms with Crippen molar-refractivity contribution in [2.75, 3.05) is 5.43 Å². The van der Waals surface area contributed by atoms with Gasteiger partial charge in [-0.25, -0.2) is 5.43 Å². The molecule has 3 rings (SSSR count). The lowest BCUT2D eigenvalue weighted by molar-refractivity contribution is 0.790. The highest BCUT2D eigenvalue weighted by molar-refractivity contribution is 5.79. The van der Waals surface area contributed by atoms with Gasteiger partial charge in [0.15, 0.2) is 0 Å². The van der Waals surface area contributed by atoms with E-state index >= 15 is 0 Å². The van der Waals surface area contributed by atoms with Crippen LogP contribution in [0, 0.1) is 0 Å². The Morgan fingerprint density at radius 3 is 2.40 bits per heavy atom. The maximum absolute atomic E-state index is 4.13. The molecule has 1 aromatic heterocycles. The van der Waals surface area contributed by atoms with Crippen molar-refractivity contribution in [1.82, 2.24) is 20.2 Å². The molecule has 0 saturated carbocycles. The average molecular weight is 264 g/mol. The van der Waals surface area contributed by atoms with Gasteiger partial charge in [0.2, 0.25) is 0 Å². The summed E-state index contributed by atoms with van der Waals surface area (Å²) in [5, 5.41) is 15.6. The summed E-state index contributed by atoms with van der Waals surface area (Å²) >= 11 is 0. The van der Waals surface area contributed by atoms with Gasteiger partial charge >= 0.3 is 0 Å². The molecular formula is C14H12N6. The van der Waals surface area contributed by atoms with Crippen LogP contribution in [0.2, 0.25) is 0 Å². The molecule has 0 spiro atoms. The number of benzene rings is 2. The molecule has 0 atom stereocenters. The Hall–Kier alpha value is -3.02. The summed E-state index contributed by atoms with van der Waals surface area (Å²) in [5.41, 5.74) is 4.71. The predicted octanol–water partition coefficient (Wildman–Crippen LogP) is 2.11. The molecular weight excluding hydrogens is 252 g/mol. The fourth-order valence-electron chi connectivity index (χ4n) is 1.70. The van der Waals surface area contributed by atoms with Crippen LogP contribution in [0.5, 0.6) is 0 Å². The second-order valence-electron chi connectivity index (χ2n) is 4.03. The van der Waals surface area contributed by atoms with Gasteiger partial charge in [-0.15, -0.1) is 0 Å². The topological polar surface area (TPSA) is 68.0 Å². The van der Waals surface area contributed by atoms with Gasteiger partial charge in [-0.1, -0.05) is 53.6 Å². The number of para-hydroxylation sites is 1. The Kier molecular flexibility index (Phi) is 3.46. The van der Waals surface area contributed by atoms with Crippen LogP contribution in [0.3, 0.4) is 0 Å². The minimum atomic E-state index is 0.461. The van der Waals surface area contributed by atoms with Crippen LogP contribution in [-0.4, -0.2) is 26.4 Å². The molecule has 0 aliphatic rings. The molecule has 0 bridgehead atoms. The van der Waals surface area contributed by atoms with E-state index in [2.05, 4.69) is 26.1 Å². The van der Waals surface area contributed by atoms with Crippen molar-refractivity contribution in [3.63, 3.8) is 0 Å². The Balaban J connectivity index is 1.76. The Morgan fingerprint density at radius 1 is 0.950 bits per heavy atom. The van der Waals surface area contributed by atoms with E-state index in [0.29, 0.717) is 5.95 Å². The number of anilines is 1. The molecule has 0 amide bonds. The van der Waals surface area contributed by atoms with Crippen molar-refractivity contribution in [1.29, 1.82) is 0 Å². The summed E-state index contributed by atoms with van der Waals surface area (Å²) in [4.78, 5) is 0. The van der Waals surface area contributed by atoms with Crippen LogP contribution in [0.1, 0.15) is 5.56 Å². The van der Waals surface area contributed by atoms with Gasteiger partial charge in [0.05, 0.1) is 11.9 Å². The molecule has 2 aromatic carbocycles. The second kappa shape index (κ2) is 5.75. The van der Waals surface area contributed by atoms with E-state index < -0.39 is 0 Å². The largest absolute Gasteiger partial charge is 0.268 e. The quantitative estimate of drug-likeness (QED) is 0.579. The molecule has 0 fully saturated rings. The lowest BCUT2D eigenvalue weighted by Crippen LogP contribution is -2.03. The number of aromatic nitrogens is 4. The molecule has 0 unspecified atom stereocenters. The van der Waals surface area contributed by atoms with Gasteiger partial charge in [-0.05, 0) is 28.1 Å². The van der Waals surface area contributed by atoms with Crippen molar-refractivity contribution in [3.8, 4) is 5.69 Å². The van der Waals surface area contributed by atoms with Gasteiger partial charge < -0.3 is 0 Å². The number of nitrogens with one attached hydrogen (secondary N) is 1. The standard InChI is InChI=1S/C14H12N6/c1-3-7-12(8-4-1)11-15-16-14-17-18-19-20(14)13-9-5-2-6-10-13/h1-11H,(H,16,17,19)/b15-11+. The van der Waals surface area contributed by atoms with Crippen molar-refractivity contribution in [2.45, 2.75) is 0 Å². The SMILES string of the molecule is C(=N\Nc1nnnn1-c1ccccc1)/c1ccccc1. The second-order valence-corrected chi connectivity index (χ2v) is 4.03. The molecule has 1 N–H and O–H groups in total. The summed E-state index contributed by atoms with van der Waals surface area (Å²) in [5.74, 6) is 0.461. The first kappa shape index (κ1) is 12.0. The Bertz CT molecular complexity index is 690. The summed E-state index contributed by atoms with van der Waals surface area (Å²) in [6.07, 6.45) is 1.71. The fraction of sp³-hybridized carbons (Fsp3) is 0. The van der Waals surface area contributed by atoms with Crippen molar-refractivity contribution in [2.24, 2.45) is 5.10 Å². The number of hydrogen-bond acceptors (Lipinski definition) is 5. The number of tetrazole rings is 1. The van der Waals surface area contributed by atoms with E-state index in [4.69, 9.17) is 0 Å². The summed E-state index contributed by atoms with van der Waals surface area (Å²) in [6, 6.07) is 19.4. The van der Waals surface area contributed by atoms with Crippen molar-refractivity contribution >= 4 is 12.2 Å². The Morgan fingerprint density at radius 2 is 1.65 bits per heavy atom. The summed E-state index contributed by atoms with van der Waals surface area (Å²) in [6.45, 7) is 0.